The highest BCUT2D eigenvalue weighted by Crippen LogP contribution is 2.46. The van der Waals surface area contributed by atoms with Gasteiger partial charge in [0.2, 0.25) is 0 Å². The molecule has 7 heteroatoms. The highest BCUT2D eigenvalue weighted by atomic mass is 16.5. The van der Waals surface area contributed by atoms with Crippen LogP contribution in [0.25, 0.3) is 0 Å². The van der Waals surface area contributed by atoms with Crippen molar-refractivity contribution in [1.29, 1.82) is 0 Å². The van der Waals surface area contributed by atoms with E-state index in [9.17, 15) is 14.4 Å². The molecule has 31 heavy (non-hydrogen) atoms. The summed E-state index contributed by atoms with van der Waals surface area (Å²) in [5.74, 6) is -1.27. The Bertz CT molecular complexity index is 805. The minimum atomic E-state index is -0.760. The van der Waals surface area contributed by atoms with Crippen LogP contribution in [0.15, 0.2) is 36.4 Å². The van der Waals surface area contributed by atoms with Gasteiger partial charge in [0.1, 0.15) is 0 Å². The zero-order chi connectivity index (χ0) is 22.2. The van der Waals surface area contributed by atoms with E-state index in [1.54, 1.807) is 12.1 Å². The fourth-order valence-corrected chi connectivity index (χ4v) is 4.60. The molecule has 0 unspecified atom stereocenters. The third-order valence-electron chi connectivity index (χ3n) is 6.21. The van der Waals surface area contributed by atoms with Crippen molar-refractivity contribution in [2.75, 3.05) is 11.9 Å². The molecule has 2 heterocycles. The van der Waals surface area contributed by atoms with Gasteiger partial charge in [-0.15, -0.1) is 0 Å². The van der Waals surface area contributed by atoms with Gasteiger partial charge in [-0.2, -0.15) is 0 Å². The van der Waals surface area contributed by atoms with E-state index in [1.807, 2.05) is 19.1 Å². The van der Waals surface area contributed by atoms with Crippen molar-refractivity contribution < 1.29 is 24.2 Å². The molecule has 0 aromatic heterocycles. The van der Waals surface area contributed by atoms with Crippen LogP contribution >= 0.6 is 0 Å². The highest BCUT2D eigenvalue weighted by Gasteiger charge is 2.47. The number of aliphatic carboxylic acids is 1. The summed E-state index contributed by atoms with van der Waals surface area (Å²) < 4.78 is 6.10. The average molecular weight is 429 g/mol. The topological polar surface area (TPSA) is 105 Å². The van der Waals surface area contributed by atoms with Crippen molar-refractivity contribution in [3.05, 3.63) is 42.0 Å². The van der Waals surface area contributed by atoms with Crippen molar-refractivity contribution in [2.24, 2.45) is 11.8 Å². The maximum absolute atomic E-state index is 12.1. The van der Waals surface area contributed by atoms with Gasteiger partial charge in [0.15, 0.2) is 0 Å². The molecule has 2 fully saturated rings. The van der Waals surface area contributed by atoms with E-state index in [2.05, 4.69) is 22.8 Å². The van der Waals surface area contributed by atoms with Crippen LogP contribution in [0.5, 0.6) is 0 Å². The van der Waals surface area contributed by atoms with Crippen molar-refractivity contribution in [3.8, 4) is 0 Å². The third-order valence-corrected chi connectivity index (χ3v) is 6.21. The number of unbranched alkanes of at least 4 members (excludes halogenated alkanes) is 1. The monoisotopic (exact) mass is 428 g/mol. The minimum Gasteiger partial charge on any atom is -0.481 e. The molecular weight excluding hydrogens is 396 g/mol. The van der Waals surface area contributed by atoms with Gasteiger partial charge >= 0.3 is 17.8 Å². The summed E-state index contributed by atoms with van der Waals surface area (Å²) in [5, 5.41) is 14.0. The SMILES string of the molecule is Cc1ccc(NC(=O)C(=O)NCC[C@H]2[C@@H](CC=CCCCC(=O)O)[C@H]3CC[C@@H]2O3)cc1. The first-order valence-corrected chi connectivity index (χ1v) is 11.1. The largest absolute Gasteiger partial charge is 0.481 e. The lowest BCUT2D eigenvalue weighted by atomic mass is 9.76. The first-order valence-electron chi connectivity index (χ1n) is 11.1. The lowest BCUT2D eigenvalue weighted by Crippen LogP contribution is -2.38. The molecule has 0 spiro atoms. The number of benzene rings is 1. The molecule has 2 aliphatic heterocycles. The number of aryl methyl sites for hydroxylation is 1. The number of ether oxygens (including phenoxy) is 1. The fraction of sp³-hybridized carbons (Fsp3) is 0.542. The van der Waals surface area contributed by atoms with Crippen molar-refractivity contribution in [2.45, 2.75) is 64.1 Å². The summed E-state index contributed by atoms with van der Waals surface area (Å²) in [5.41, 5.74) is 1.68. The highest BCUT2D eigenvalue weighted by molar-refractivity contribution is 6.39. The number of fused-ring (bicyclic) bond motifs is 2. The number of allylic oxidation sites excluding steroid dienone is 2. The van der Waals surface area contributed by atoms with Gasteiger partial charge in [-0.1, -0.05) is 29.8 Å². The Morgan fingerprint density at radius 3 is 2.48 bits per heavy atom. The molecule has 0 radical (unpaired) electrons. The van der Waals surface area contributed by atoms with Crippen molar-refractivity contribution in [1.82, 2.24) is 5.32 Å². The van der Waals surface area contributed by atoms with E-state index < -0.39 is 17.8 Å². The number of carbonyl (C=O) groups is 3. The van der Waals surface area contributed by atoms with Gasteiger partial charge < -0.3 is 20.5 Å². The smallest absolute Gasteiger partial charge is 0.313 e. The summed E-state index contributed by atoms with van der Waals surface area (Å²) in [6.45, 7) is 2.40. The van der Waals surface area contributed by atoms with Gasteiger partial charge in [0.05, 0.1) is 12.2 Å². The summed E-state index contributed by atoms with van der Waals surface area (Å²) in [7, 11) is 0. The van der Waals surface area contributed by atoms with E-state index in [4.69, 9.17) is 9.84 Å². The Balaban J connectivity index is 1.41. The Morgan fingerprint density at radius 2 is 1.77 bits per heavy atom. The Hall–Kier alpha value is -2.67. The Morgan fingerprint density at radius 1 is 1.06 bits per heavy atom. The van der Waals surface area contributed by atoms with E-state index in [1.165, 1.54) is 0 Å². The molecule has 1 aromatic carbocycles. The van der Waals surface area contributed by atoms with Crippen LogP contribution in [0, 0.1) is 18.8 Å². The van der Waals surface area contributed by atoms with Crippen LogP contribution in [-0.2, 0) is 19.1 Å². The molecule has 2 amide bonds. The second kappa shape index (κ2) is 11.1. The molecule has 1 aromatic rings. The Labute approximate surface area is 183 Å². The number of rotatable bonds is 10. The number of anilines is 1. The van der Waals surface area contributed by atoms with Crippen LogP contribution in [0.2, 0.25) is 0 Å². The van der Waals surface area contributed by atoms with E-state index in [0.717, 1.165) is 37.7 Å². The fourth-order valence-electron chi connectivity index (χ4n) is 4.60. The van der Waals surface area contributed by atoms with Crippen LogP contribution in [0.3, 0.4) is 0 Å². The number of hydrogen-bond acceptors (Lipinski definition) is 4. The molecule has 4 atom stereocenters. The van der Waals surface area contributed by atoms with Crippen molar-refractivity contribution >= 4 is 23.5 Å². The molecule has 7 nitrogen and oxygen atoms in total. The quantitative estimate of drug-likeness (QED) is 0.301. The molecule has 3 N–H and O–H groups in total. The molecule has 2 bridgehead atoms. The maximum Gasteiger partial charge on any atom is 0.313 e. The minimum absolute atomic E-state index is 0.196. The zero-order valence-corrected chi connectivity index (χ0v) is 18.0. The second-order valence-corrected chi connectivity index (χ2v) is 8.48. The molecule has 168 valence electrons. The number of hydrogen-bond donors (Lipinski definition) is 3. The molecule has 0 saturated carbocycles. The van der Waals surface area contributed by atoms with Crippen LogP contribution in [-0.4, -0.2) is 41.6 Å². The first-order chi connectivity index (χ1) is 14.9. The first kappa shape index (κ1) is 23.0. The standard InChI is InChI=1S/C24H32N2O5/c1-16-8-10-17(11-9-16)26-24(30)23(29)25-15-14-19-18(20-12-13-21(19)31-20)6-4-2-3-5-7-22(27)28/h2,4,8-11,18-21H,3,5-7,12-15H2,1H3,(H,25,29)(H,26,30)(H,27,28)/t18-,19+,20-,21+/m1/s1. The number of nitrogens with one attached hydrogen (secondary N) is 2. The Kier molecular flexibility index (Phi) is 8.23. The van der Waals surface area contributed by atoms with Crippen LogP contribution in [0.4, 0.5) is 5.69 Å². The van der Waals surface area contributed by atoms with Gasteiger partial charge in [0, 0.05) is 18.7 Å². The molecule has 0 aliphatic carbocycles. The molecule has 2 saturated heterocycles. The summed E-state index contributed by atoms with van der Waals surface area (Å²) in [4.78, 5) is 34.8. The maximum atomic E-state index is 12.1. The number of carboxylic acids is 1. The summed E-state index contributed by atoms with van der Waals surface area (Å²) in [6.07, 6.45) is 10.1. The predicted octanol–water partition coefficient (Wildman–Crippen LogP) is 3.43. The van der Waals surface area contributed by atoms with Gasteiger partial charge in [-0.05, 0) is 69.4 Å². The number of carboxylic acid groups (broad SMARTS) is 1. The van der Waals surface area contributed by atoms with Gasteiger partial charge in [-0.25, -0.2) is 0 Å². The lowest BCUT2D eigenvalue weighted by Gasteiger charge is -2.27. The van der Waals surface area contributed by atoms with Crippen LogP contribution < -0.4 is 10.6 Å². The van der Waals surface area contributed by atoms with E-state index in [-0.39, 0.29) is 18.6 Å². The second-order valence-electron chi connectivity index (χ2n) is 8.48. The molecule has 2 aliphatic rings. The summed E-state index contributed by atoms with van der Waals surface area (Å²) >= 11 is 0. The predicted molar refractivity (Wildman–Crippen MR) is 118 cm³/mol. The normalized spacial score (nSPS) is 24.4. The lowest BCUT2D eigenvalue weighted by molar-refractivity contribution is -0.137. The average Bonchev–Trinajstić information content (AvgIpc) is 3.34. The number of amides is 2. The van der Waals surface area contributed by atoms with E-state index >= 15 is 0 Å². The van der Waals surface area contributed by atoms with Crippen LogP contribution in [0.1, 0.15) is 50.5 Å². The molecular formula is C24H32N2O5. The number of carbonyl (C=O) groups excluding carboxylic acids is 2. The zero-order valence-electron chi connectivity index (χ0n) is 18.0. The van der Waals surface area contributed by atoms with Gasteiger partial charge in [0.25, 0.3) is 0 Å². The summed E-state index contributed by atoms with van der Waals surface area (Å²) in [6, 6.07) is 7.30. The van der Waals surface area contributed by atoms with Gasteiger partial charge in [-0.3, -0.25) is 14.4 Å². The van der Waals surface area contributed by atoms with Crippen molar-refractivity contribution in [3.63, 3.8) is 0 Å². The molecule has 3 rings (SSSR count). The van der Waals surface area contributed by atoms with E-state index in [0.29, 0.717) is 30.5 Å². The third kappa shape index (κ3) is 6.66.